The van der Waals surface area contributed by atoms with E-state index in [0.29, 0.717) is 12.1 Å². The molecule has 0 saturated carbocycles. The van der Waals surface area contributed by atoms with Gasteiger partial charge in [-0.1, -0.05) is 0 Å². The third kappa shape index (κ3) is 2.83. The summed E-state index contributed by atoms with van der Waals surface area (Å²) in [5.74, 6) is 0. The molecule has 0 bridgehead atoms. The van der Waals surface area contributed by atoms with Gasteiger partial charge in [0.2, 0.25) is 0 Å². The number of aromatic nitrogens is 2. The van der Waals surface area contributed by atoms with Crippen molar-refractivity contribution in [2.24, 2.45) is 5.73 Å². The molecule has 1 atom stereocenters. The van der Waals surface area contributed by atoms with Gasteiger partial charge >= 0.3 is 0 Å². The molecule has 1 fully saturated rings. The Bertz CT molecular complexity index is 332. The first-order valence-electron chi connectivity index (χ1n) is 6.16. The zero-order valence-electron chi connectivity index (χ0n) is 10.3. The van der Waals surface area contributed by atoms with Crippen LogP contribution in [-0.2, 0) is 6.54 Å². The van der Waals surface area contributed by atoms with Crippen LogP contribution in [0.3, 0.4) is 0 Å². The third-order valence-electron chi connectivity index (χ3n) is 3.13. The van der Waals surface area contributed by atoms with Gasteiger partial charge in [-0.2, -0.15) is 5.10 Å². The molecule has 2 rings (SSSR count). The lowest BCUT2D eigenvalue weighted by Crippen LogP contribution is -2.42. The Balaban J connectivity index is 1.92. The number of piperidine rings is 1. The Morgan fingerprint density at radius 2 is 2.38 bits per heavy atom. The van der Waals surface area contributed by atoms with Crippen LogP contribution in [0.15, 0.2) is 12.4 Å². The summed E-state index contributed by atoms with van der Waals surface area (Å²) >= 11 is 0. The van der Waals surface area contributed by atoms with Gasteiger partial charge in [-0.15, -0.1) is 0 Å². The normalized spacial score (nSPS) is 22.9. The zero-order chi connectivity index (χ0) is 11.5. The molecule has 0 spiro atoms. The van der Waals surface area contributed by atoms with Crippen LogP contribution < -0.4 is 5.73 Å². The van der Waals surface area contributed by atoms with Crippen LogP contribution in [0, 0.1) is 0 Å². The van der Waals surface area contributed by atoms with Crippen molar-refractivity contribution in [2.45, 2.75) is 45.3 Å². The van der Waals surface area contributed by atoms with Crippen LogP contribution in [0.2, 0.25) is 0 Å². The molecular formula is C12H22N4. The maximum Gasteiger partial charge on any atom is 0.0534 e. The number of nitrogens with zero attached hydrogens (tertiary/aromatic N) is 3. The molecule has 0 amide bonds. The van der Waals surface area contributed by atoms with Crippen molar-refractivity contribution in [2.75, 3.05) is 13.1 Å². The molecule has 2 heterocycles. The van der Waals surface area contributed by atoms with Crippen molar-refractivity contribution in [1.82, 2.24) is 14.7 Å². The van der Waals surface area contributed by atoms with Crippen molar-refractivity contribution in [3.8, 4) is 0 Å². The molecule has 2 N–H and O–H groups in total. The lowest BCUT2D eigenvalue weighted by atomic mass is 10.1. The Morgan fingerprint density at radius 1 is 1.56 bits per heavy atom. The fraction of sp³-hybridized carbons (Fsp3) is 0.750. The Kier molecular flexibility index (Phi) is 3.61. The minimum Gasteiger partial charge on any atom is -0.327 e. The van der Waals surface area contributed by atoms with E-state index in [1.54, 1.807) is 0 Å². The van der Waals surface area contributed by atoms with Crippen LogP contribution in [0.5, 0.6) is 0 Å². The number of likely N-dealkylation sites (tertiary alicyclic amines) is 1. The second-order valence-electron chi connectivity index (χ2n) is 5.06. The molecule has 1 aliphatic rings. The van der Waals surface area contributed by atoms with Gasteiger partial charge in [-0.05, 0) is 33.2 Å². The van der Waals surface area contributed by atoms with Gasteiger partial charge in [0.15, 0.2) is 0 Å². The largest absolute Gasteiger partial charge is 0.327 e. The van der Waals surface area contributed by atoms with Crippen molar-refractivity contribution >= 4 is 0 Å². The highest BCUT2D eigenvalue weighted by Gasteiger charge is 2.17. The van der Waals surface area contributed by atoms with E-state index in [1.165, 1.54) is 24.9 Å². The minimum atomic E-state index is 0.355. The van der Waals surface area contributed by atoms with Crippen molar-refractivity contribution in [3.63, 3.8) is 0 Å². The van der Waals surface area contributed by atoms with Gasteiger partial charge in [0.1, 0.15) is 0 Å². The highest BCUT2D eigenvalue weighted by Crippen LogP contribution is 2.13. The van der Waals surface area contributed by atoms with E-state index in [1.807, 2.05) is 10.9 Å². The average molecular weight is 222 g/mol. The molecule has 4 heteroatoms. The summed E-state index contributed by atoms with van der Waals surface area (Å²) in [4.78, 5) is 2.43. The molecule has 0 aliphatic carbocycles. The molecule has 1 aromatic heterocycles. The first-order valence-corrected chi connectivity index (χ1v) is 6.16. The van der Waals surface area contributed by atoms with Crippen LogP contribution in [0.25, 0.3) is 0 Å². The highest BCUT2D eigenvalue weighted by molar-refractivity contribution is 5.04. The van der Waals surface area contributed by atoms with E-state index in [2.05, 4.69) is 30.0 Å². The lowest BCUT2D eigenvalue weighted by molar-refractivity contribution is 0.201. The van der Waals surface area contributed by atoms with E-state index < -0.39 is 0 Å². The average Bonchev–Trinajstić information content (AvgIpc) is 2.66. The minimum absolute atomic E-state index is 0.355. The van der Waals surface area contributed by atoms with Gasteiger partial charge in [0, 0.05) is 36.9 Å². The Hall–Kier alpha value is -0.870. The van der Waals surface area contributed by atoms with Crippen molar-refractivity contribution in [3.05, 3.63) is 18.0 Å². The van der Waals surface area contributed by atoms with Crippen LogP contribution in [0.4, 0.5) is 0 Å². The van der Waals surface area contributed by atoms with Crippen molar-refractivity contribution < 1.29 is 0 Å². The van der Waals surface area contributed by atoms with Gasteiger partial charge in [0.05, 0.1) is 6.20 Å². The second kappa shape index (κ2) is 4.97. The van der Waals surface area contributed by atoms with Gasteiger partial charge in [0.25, 0.3) is 0 Å². The fourth-order valence-corrected chi connectivity index (χ4v) is 2.23. The van der Waals surface area contributed by atoms with E-state index in [0.717, 1.165) is 13.1 Å². The molecule has 1 unspecified atom stereocenters. The van der Waals surface area contributed by atoms with Gasteiger partial charge in [-0.25, -0.2) is 0 Å². The molecule has 90 valence electrons. The third-order valence-corrected chi connectivity index (χ3v) is 3.13. The SMILES string of the molecule is CC(C)n1cc(CN2CCCC(N)C2)cn1. The number of rotatable bonds is 3. The van der Waals surface area contributed by atoms with Crippen LogP contribution in [0.1, 0.15) is 38.3 Å². The smallest absolute Gasteiger partial charge is 0.0534 e. The summed E-state index contributed by atoms with van der Waals surface area (Å²) in [6.45, 7) is 7.47. The monoisotopic (exact) mass is 222 g/mol. The Labute approximate surface area is 97.4 Å². The molecule has 0 radical (unpaired) electrons. The number of hydrogen-bond acceptors (Lipinski definition) is 3. The summed E-state index contributed by atoms with van der Waals surface area (Å²) in [5, 5.41) is 4.36. The first kappa shape index (κ1) is 11.6. The highest BCUT2D eigenvalue weighted by atomic mass is 15.3. The molecule has 4 nitrogen and oxygen atoms in total. The quantitative estimate of drug-likeness (QED) is 0.840. The predicted octanol–water partition coefficient (Wildman–Crippen LogP) is 1.39. The maximum atomic E-state index is 5.97. The number of hydrogen-bond donors (Lipinski definition) is 1. The summed E-state index contributed by atoms with van der Waals surface area (Å²) in [7, 11) is 0. The van der Waals surface area contributed by atoms with E-state index >= 15 is 0 Å². The topological polar surface area (TPSA) is 47.1 Å². The molecule has 1 aromatic rings. The number of nitrogens with two attached hydrogens (primary N) is 1. The fourth-order valence-electron chi connectivity index (χ4n) is 2.23. The van der Waals surface area contributed by atoms with Gasteiger partial charge < -0.3 is 5.73 Å². The Morgan fingerprint density at radius 3 is 3.00 bits per heavy atom. The summed E-state index contributed by atoms with van der Waals surface area (Å²) in [6.07, 6.45) is 6.51. The molecular weight excluding hydrogens is 200 g/mol. The van der Waals surface area contributed by atoms with E-state index in [4.69, 9.17) is 5.73 Å². The summed E-state index contributed by atoms with van der Waals surface area (Å²) < 4.78 is 2.01. The standard InChI is InChI=1S/C12H22N4/c1-10(2)16-8-11(6-14-16)7-15-5-3-4-12(13)9-15/h6,8,10,12H,3-5,7,9,13H2,1-2H3. The zero-order valence-corrected chi connectivity index (χ0v) is 10.3. The first-order chi connectivity index (χ1) is 7.65. The van der Waals surface area contributed by atoms with Crippen LogP contribution >= 0.6 is 0 Å². The predicted molar refractivity (Wildman–Crippen MR) is 65.1 cm³/mol. The molecule has 1 aliphatic heterocycles. The molecule has 1 saturated heterocycles. The van der Waals surface area contributed by atoms with Gasteiger partial charge in [-0.3, -0.25) is 9.58 Å². The molecule has 16 heavy (non-hydrogen) atoms. The maximum absolute atomic E-state index is 5.97. The molecule has 0 aromatic carbocycles. The van der Waals surface area contributed by atoms with Crippen molar-refractivity contribution in [1.29, 1.82) is 0 Å². The van der Waals surface area contributed by atoms with E-state index in [9.17, 15) is 0 Å². The second-order valence-corrected chi connectivity index (χ2v) is 5.06. The summed E-state index contributed by atoms with van der Waals surface area (Å²) in [5.41, 5.74) is 7.26. The summed E-state index contributed by atoms with van der Waals surface area (Å²) in [6, 6.07) is 0.797. The van der Waals surface area contributed by atoms with Crippen LogP contribution in [-0.4, -0.2) is 33.8 Å². The van der Waals surface area contributed by atoms with E-state index in [-0.39, 0.29) is 0 Å². The lowest BCUT2D eigenvalue weighted by Gasteiger charge is -2.30.